The van der Waals surface area contributed by atoms with E-state index in [4.69, 9.17) is 9.15 Å². The van der Waals surface area contributed by atoms with Gasteiger partial charge in [-0.15, -0.1) is 0 Å². The molecule has 1 heterocycles. The molecule has 0 radical (unpaired) electrons. The minimum absolute atomic E-state index is 0.0834. The molecule has 6 heteroatoms. The fourth-order valence-corrected chi connectivity index (χ4v) is 3.58. The highest BCUT2D eigenvalue weighted by Crippen LogP contribution is 2.44. The zero-order chi connectivity index (χ0) is 18.0. The number of fused-ring (bicyclic) bond motifs is 1. The van der Waals surface area contributed by atoms with Gasteiger partial charge in [0.05, 0.1) is 17.7 Å². The number of phenols is 1. The molecule has 0 aliphatic carbocycles. The van der Waals surface area contributed by atoms with Gasteiger partial charge in [0.25, 0.3) is 0 Å². The van der Waals surface area contributed by atoms with E-state index in [2.05, 4.69) is 0 Å². The van der Waals surface area contributed by atoms with Crippen molar-refractivity contribution in [3.63, 3.8) is 0 Å². The predicted octanol–water partition coefficient (Wildman–Crippen LogP) is 4.53. The van der Waals surface area contributed by atoms with E-state index >= 15 is 0 Å². The Hall–Kier alpha value is -2.60. The molecule has 3 aromatic rings. The van der Waals surface area contributed by atoms with Crippen LogP contribution in [0, 0.1) is 0 Å². The fourth-order valence-electron chi connectivity index (χ4n) is 2.65. The van der Waals surface area contributed by atoms with Crippen molar-refractivity contribution in [3.05, 3.63) is 48.0 Å². The summed E-state index contributed by atoms with van der Waals surface area (Å²) in [6.07, 6.45) is 0. The molecule has 5 nitrogen and oxygen atoms in total. The van der Waals surface area contributed by atoms with Gasteiger partial charge in [0, 0.05) is 19.0 Å². The number of hydrogen-bond acceptors (Lipinski definition) is 6. The molecule has 1 N–H and O–H groups in total. The summed E-state index contributed by atoms with van der Waals surface area (Å²) >= 11 is 1.35. The van der Waals surface area contributed by atoms with E-state index in [1.807, 2.05) is 30.3 Å². The number of esters is 1. The molecule has 0 fully saturated rings. The van der Waals surface area contributed by atoms with Gasteiger partial charge in [-0.05, 0) is 31.2 Å². The molecule has 0 aliphatic rings. The van der Waals surface area contributed by atoms with Crippen LogP contribution in [-0.4, -0.2) is 31.8 Å². The van der Waals surface area contributed by atoms with Crippen LogP contribution in [0.2, 0.25) is 0 Å². The van der Waals surface area contributed by atoms with Gasteiger partial charge in [0.1, 0.15) is 16.9 Å². The number of ether oxygens (including phenoxy) is 1. The molecule has 0 spiro atoms. The first-order chi connectivity index (χ1) is 12.0. The van der Waals surface area contributed by atoms with Gasteiger partial charge >= 0.3 is 5.97 Å². The number of nitrogens with zero attached hydrogens (tertiary/aromatic N) is 1. The first-order valence-electron chi connectivity index (χ1n) is 7.88. The highest BCUT2D eigenvalue weighted by molar-refractivity contribution is 7.99. The number of phenolic OH excluding ortho intramolecular Hbond substituents is 1. The van der Waals surface area contributed by atoms with Crippen molar-refractivity contribution in [1.82, 2.24) is 0 Å². The minimum atomic E-state index is -0.464. The lowest BCUT2D eigenvalue weighted by Gasteiger charge is -2.16. The molecule has 0 aliphatic heterocycles. The highest BCUT2D eigenvalue weighted by atomic mass is 32.2. The molecule has 2 aromatic carbocycles. The molecule has 130 valence electrons. The van der Waals surface area contributed by atoms with Crippen LogP contribution < -0.4 is 4.90 Å². The first-order valence-corrected chi connectivity index (χ1v) is 8.70. The smallest absolute Gasteiger partial charge is 0.343 e. The Kier molecular flexibility index (Phi) is 4.90. The summed E-state index contributed by atoms with van der Waals surface area (Å²) in [4.78, 5) is 15.3. The lowest BCUT2D eigenvalue weighted by Crippen LogP contribution is -2.11. The van der Waals surface area contributed by atoms with E-state index in [1.165, 1.54) is 11.8 Å². The van der Waals surface area contributed by atoms with E-state index in [1.54, 1.807) is 38.1 Å². The molecule has 0 amide bonds. The molecule has 0 atom stereocenters. The summed E-state index contributed by atoms with van der Waals surface area (Å²) in [7, 11) is 3.61. The van der Waals surface area contributed by atoms with E-state index < -0.39 is 5.97 Å². The zero-order valence-corrected chi connectivity index (χ0v) is 15.1. The Labute approximate surface area is 150 Å². The molecular formula is C19H19NO4S. The molecule has 0 saturated heterocycles. The van der Waals surface area contributed by atoms with Crippen molar-refractivity contribution >= 4 is 34.4 Å². The molecular weight excluding hydrogens is 338 g/mol. The Bertz CT molecular complexity index is 903. The zero-order valence-electron chi connectivity index (χ0n) is 14.3. The number of carbonyl (C=O) groups excluding carboxylic acids is 1. The maximum atomic E-state index is 12.6. The topological polar surface area (TPSA) is 62.9 Å². The van der Waals surface area contributed by atoms with Gasteiger partial charge in [-0.1, -0.05) is 30.0 Å². The standard InChI is InChI=1S/C19H19NO4S/c1-4-23-18(22)16-15-14(11-10-13(21)17(15)20(2)3)24-19(16)25-12-8-6-5-7-9-12/h5-11,21H,4H2,1-3H3. The third kappa shape index (κ3) is 3.30. The summed E-state index contributed by atoms with van der Waals surface area (Å²) in [5.41, 5.74) is 1.40. The Morgan fingerprint density at radius 3 is 2.56 bits per heavy atom. The van der Waals surface area contributed by atoms with E-state index in [-0.39, 0.29) is 12.4 Å². The summed E-state index contributed by atoms with van der Waals surface area (Å²) in [6, 6.07) is 12.9. The van der Waals surface area contributed by atoms with Crippen LogP contribution in [-0.2, 0) is 4.74 Å². The fraction of sp³-hybridized carbons (Fsp3) is 0.211. The second-order valence-corrected chi connectivity index (χ2v) is 6.65. The van der Waals surface area contributed by atoms with Crippen LogP contribution in [0.1, 0.15) is 17.3 Å². The average molecular weight is 357 g/mol. The van der Waals surface area contributed by atoms with Crippen molar-refractivity contribution in [3.8, 4) is 5.75 Å². The molecule has 0 saturated carbocycles. The van der Waals surface area contributed by atoms with E-state index in [0.29, 0.717) is 27.3 Å². The second-order valence-electron chi connectivity index (χ2n) is 5.60. The Balaban J connectivity index is 2.24. The van der Waals surface area contributed by atoms with Crippen molar-refractivity contribution in [2.45, 2.75) is 16.9 Å². The summed E-state index contributed by atoms with van der Waals surface area (Å²) in [6.45, 7) is 2.02. The van der Waals surface area contributed by atoms with Crippen LogP contribution in [0.15, 0.2) is 56.9 Å². The number of anilines is 1. The Morgan fingerprint density at radius 1 is 1.20 bits per heavy atom. The lowest BCUT2D eigenvalue weighted by molar-refractivity contribution is 0.0521. The van der Waals surface area contributed by atoms with Gasteiger partial charge in [-0.3, -0.25) is 0 Å². The van der Waals surface area contributed by atoms with Crippen LogP contribution in [0.5, 0.6) is 5.75 Å². The third-order valence-corrected chi connectivity index (χ3v) is 4.64. The maximum Gasteiger partial charge on any atom is 0.343 e. The number of rotatable bonds is 5. The predicted molar refractivity (Wildman–Crippen MR) is 98.7 cm³/mol. The molecule has 3 rings (SSSR count). The number of hydrogen-bond donors (Lipinski definition) is 1. The van der Waals surface area contributed by atoms with Crippen LogP contribution >= 0.6 is 11.8 Å². The largest absolute Gasteiger partial charge is 0.506 e. The van der Waals surface area contributed by atoms with E-state index in [0.717, 1.165) is 4.90 Å². The van der Waals surface area contributed by atoms with Crippen molar-refractivity contribution in [2.24, 2.45) is 0 Å². The summed E-state index contributed by atoms with van der Waals surface area (Å²) < 4.78 is 11.2. The maximum absolute atomic E-state index is 12.6. The summed E-state index contributed by atoms with van der Waals surface area (Å²) in [5, 5.41) is 11.3. The molecule has 0 unspecified atom stereocenters. The van der Waals surface area contributed by atoms with E-state index in [9.17, 15) is 9.90 Å². The van der Waals surface area contributed by atoms with Gasteiger partial charge in [-0.2, -0.15) is 0 Å². The van der Waals surface area contributed by atoms with Gasteiger partial charge in [0.2, 0.25) is 0 Å². The summed E-state index contributed by atoms with van der Waals surface area (Å²) in [5.74, 6) is -0.381. The SMILES string of the molecule is CCOC(=O)c1c(Sc2ccccc2)oc2ccc(O)c(N(C)C)c12. The normalized spacial score (nSPS) is 10.8. The first kappa shape index (κ1) is 17.2. The van der Waals surface area contributed by atoms with Gasteiger partial charge < -0.3 is 19.2 Å². The van der Waals surface area contributed by atoms with Crippen molar-refractivity contribution < 1.29 is 19.1 Å². The molecule has 0 bridgehead atoms. The third-order valence-electron chi connectivity index (χ3n) is 3.66. The van der Waals surface area contributed by atoms with Crippen LogP contribution in [0.4, 0.5) is 5.69 Å². The quantitative estimate of drug-likeness (QED) is 0.677. The highest BCUT2D eigenvalue weighted by Gasteiger charge is 2.27. The minimum Gasteiger partial charge on any atom is -0.506 e. The lowest BCUT2D eigenvalue weighted by atomic mass is 10.1. The number of aromatic hydroxyl groups is 1. The van der Waals surface area contributed by atoms with Gasteiger partial charge in [0.15, 0.2) is 5.09 Å². The number of carbonyl (C=O) groups is 1. The average Bonchev–Trinajstić information content (AvgIpc) is 2.93. The Morgan fingerprint density at radius 2 is 1.92 bits per heavy atom. The van der Waals surface area contributed by atoms with Crippen LogP contribution in [0.3, 0.4) is 0 Å². The van der Waals surface area contributed by atoms with Crippen LogP contribution in [0.25, 0.3) is 11.0 Å². The number of furan rings is 1. The second kappa shape index (κ2) is 7.11. The number of benzene rings is 2. The van der Waals surface area contributed by atoms with Crippen molar-refractivity contribution in [2.75, 3.05) is 25.6 Å². The molecule has 1 aromatic heterocycles. The monoisotopic (exact) mass is 357 g/mol. The van der Waals surface area contributed by atoms with Crippen molar-refractivity contribution in [1.29, 1.82) is 0 Å². The van der Waals surface area contributed by atoms with Gasteiger partial charge in [-0.25, -0.2) is 4.79 Å². The molecule has 25 heavy (non-hydrogen) atoms.